The van der Waals surface area contributed by atoms with Gasteiger partial charge < -0.3 is 5.32 Å². The Hall–Kier alpha value is -1.98. The van der Waals surface area contributed by atoms with Crippen LogP contribution in [0.4, 0.5) is 10.1 Å². The van der Waals surface area contributed by atoms with Gasteiger partial charge in [0.2, 0.25) is 0 Å². The number of nitrogens with one attached hydrogen (secondary N) is 1. The molecule has 1 aromatic rings. The molecule has 5 nitrogen and oxygen atoms in total. The number of nitro benzene ring substituents is 1. The quantitative estimate of drug-likeness (QED) is 0.660. The molecular weight excluding hydrogens is 239 g/mol. The molecule has 0 saturated heterocycles. The van der Waals surface area contributed by atoms with Crippen molar-refractivity contribution in [3.05, 3.63) is 39.7 Å². The van der Waals surface area contributed by atoms with Gasteiger partial charge in [-0.1, -0.05) is 6.92 Å². The molecule has 1 aliphatic rings. The Morgan fingerprint density at radius 1 is 1.56 bits per heavy atom. The van der Waals surface area contributed by atoms with E-state index in [2.05, 4.69) is 5.32 Å². The minimum absolute atomic E-state index is 0.0950. The van der Waals surface area contributed by atoms with Gasteiger partial charge >= 0.3 is 0 Å². The highest BCUT2D eigenvalue weighted by Gasteiger charge is 2.37. The maximum atomic E-state index is 13.1. The van der Waals surface area contributed by atoms with Crippen LogP contribution >= 0.6 is 0 Å². The summed E-state index contributed by atoms with van der Waals surface area (Å²) in [5.41, 5.74) is -0.517. The number of nitro groups is 1. The average molecular weight is 252 g/mol. The van der Waals surface area contributed by atoms with Crippen molar-refractivity contribution < 1.29 is 14.1 Å². The van der Waals surface area contributed by atoms with Gasteiger partial charge in [-0.3, -0.25) is 14.9 Å². The maximum Gasteiger partial charge on any atom is 0.282 e. The predicted molar refractivity (Wildman–Crippen MR) is 62.7 cm³/mol. The van der Waals surface area contributed by atoms with E-state index in [-0.39, 0.29) is 16.7 Å². The van der Waals surface area contributed by atoms with Crippen LogP contribution in [0.25, 0.3) is 0 Å². The van der Waals surface area contributed by atoms with Gasteiger partial charge in [0.1, 0.15) is 11.4 Å². The molecular formula is C12H13FN2O3. The summed E-state index contributed by atoms with van der Waals surface area (Å²) in [6, 6.07) is 2.86. The van der Waals surface area contributed by atoms with E-state index in [0.717, 1.165) is 31.0 Å². The molecule has 6 heteroatoms. The molecule has 0 aliphatic heterocycles. The molecule has 0 heterocycles. The summed E-state index contributed by atoms with van der Waals surface area (Å²) in [7, 11) is 0. The van der Waals surface area contributed by atoms with Crippen LogP contribution in [0.5, 0.6) is 0 Å². The first-order valence-electron chi connectivity index (χ1n) is 5.63. The molecule has 0 radical (unpaired) electrons. The second-order valence-electron chi connectivity index (χ2n) is 4.91. The summed E-state index contributed by atoms with van der Waals surface area (Å²) in [6.07, 6.45) is 2.05. The normalized spacial score (nSPS) is 16.1. The van der Waals surface area contributed by atoms with E-state index in [1.807, 2.05) is 6.92 Å². The zero-order valence-electron chi connectivity index (χ0n) is 9.90. The van der Waals surface area contributed by atoms with E-state index in [4.69, 9.17) is 0 Å². The van der Waals surface area contributed by atoms with Crippen molar-refractivity contribution in [3.63, 3.8) is 0 Å². The predicted octanol–water partition coefficient (Wildman–Crippen LogP) is 2.26. The molecule has 1 saturated carbocycles. The smallest absolute Gasteiger partial charge is 0.282 e. The van der Waals surface area contributed by atoms with E-state index < -0.39 is 16.6 Å². The molecule has 1 N–H and O–H groups in total. The number of nitrogens with zero attached hydrogens (tertiary/aromatic N) is 1. The first-order chi connectivity index (χ1) is 8.41. The minimum Gasteiger partial charge on any atom is -0.351 e. The topological polar surface area (TPSA) is 72.2 Å². The van der Waals surface area contributed by atoms with Crippen molar-refractivity contribution >= 4 is 11.6 Å². The highest BCUT2D eigenvalue weighted by Crippen LogP contribution is 2.44. The molecule has 0 spiro atoms. The lowest BCUT2D eigenvalue weighted by atomic mass is 10.1. The number of amides is 1. The molecule has 0 atom stereocenters. The fourth-order valence-electron chi connectivity index (χ4n) is 1.63. The second-order valence-corrected chi connectivity index (χ2v) is 4.91. The molecule has 1 fully saturated rings. The zero-order chi connectivity index (χ0) is 13.3. The first kappa shape index (κ1) is 12.5. The van der Waals surface area contributed by atoms with Crippen molar-refractivity contribution in [1.29, 1.82) is 0 Å². The fraction of sp³-hybridized carbons (Fsp3) is 0.417. The van der Waals surface area contributed by atoms with Crippen molar-refractivity contribution in [3.8, 4) is 0 Å². The number of carbonyl (C=O) groups excluding carboxylic acids is 1. The number of benzene rings is 1. The van der Waals surface area contributed by atoms with Gasteiger partial charge in [-0.25, -0.2) is 4.39 Å². The van der Waals surface area contributed by atoms with Gasteiger partial charge in [-0.2, -0.15) is 0 Å². The fourth-order valence-corrected chi connectivity index (χ4v) is 1.63. The Morgan fingerprint density at radius 2 is 2.22 bits per heavy atom. The summed E-state index contributed by atoms with van der Waals surface area (Å²) in [4.78, 5) is 21.9. The molecule has 1 aliphatic carbocycles. The Morgan fingerprint density at radius 3 is 2.78 bits per heavy atom. The van der Waals surface area contributed by atoms with Gasteiger partial charge in [0, 0.05) is 12.6 Å². The number of carbonyl (C=O) groups is 1. The summed E-state index contributed by atoms with van der Waals surface area (Å²) < 4.78 is 13.1. The molecule has 96 valence electrons. The standard InChI is InChI=1S/C12H13FN2O3/c1-12(4-5-12)7-14-11(16)9-6-8(13)2-3-10(9)15(17)18/h2-3,6H,4-5,7H2,1H3,(H,14,16). The van der Waals surface area contributed by atoms with E-state index in [1.165, 1.54) is 0 Å². The van der Waals surface area contributed by atoms with Crippen LogP contribution < -0.4 is 5.32 Å². The highest BCUT2D eigenvalue weighted by molar-refractivity contribution is 5.98. The molecule has 0 bridgehead atoms. The molecule has 2 rings (SSSR count). The van der Waals surface area contributed by atoms with E-state index >= 15 is 0 Å². The summed E-state index contributed by atoms with van der Waals surface area (Å²) >= 11 is 0. The van der Waals surface area contributed by atoms with Crippen LogP contribution in [0.15, 0.2) is 18.2 Å². The SMILES string of the molecule is CC1(CNC(=O)c2cc(F)ccc2[N+](=O)[O-])CC1. The lowest BCUT2D eigenvalue weighted by molar-refractivity contribution is -0.385. The lowest BCUT2D eigenvalue weighted by Gasteiger charge is -2.10. The summed E-state index contributed by atoms with van der Waals surface area (Å²) in [5, 5.41) is 13.4. The van der Waals surface area contributed by atoms with Gasteiger partial charge in [0.15, 0.2) is 0 Å². The molecule has 0 unspecified atom stereocenters. The van der Waals surface area contributed by atoms with Crippen molar-refractivity contribution in [2.75, 3.05) is 6.54 Å². The van der Waals surface area contributed by atoms with Gasteiger partial charge in [0.25, 0.3) is 11.6 Å². The van der Waals surface area contributed by atoms with Crippen LogP contribution in [-0.4, -0.2) is 17.4 Å². The van der Waals surface area contributed by atoms with E-state index in [0.29, 0.717) is 6.54 Å². The number of rotatable bonds is 4. The van der Waals surface area contributed by atoms with Crippen molar-refractivity contribution in [1.82, 2.24) is 5.32 Å². The molecule has 0 aromatic heterocycles. The highest BCUT2D eigenvalue weighted by atomic mass is 19.1. The summed E-state index contributed by atoms with van der Waals surface area (Å²) in [6.45, 7) is 2.48. The number of halogens is 1. The number of hydrogen-bond acceptors (Lipinski definition) is 3. The van der Waals surface area contributed by atoms with Crippen LogP contribution in [0, 0.1) is 21.3 Å². The third-order valence-electron chi connectivity index (χ3n) is 3.18. The summed E-state index contributed by atoms with van der Waals surface area (Å²) in [5.74, 6) is -1.27. The third-order valence-corrected chi connectivity index (χ3v) is 3.18. The number of hydrogen-bond donors (Lipinski definition) is 1. The second kappa shape index (κ2) is 4.36. The Balaban J connectivity index is 2.17. The largest absolute Gasteiger partial charge is 0.351 e. The van der Waals surface area contributed by atoms with Crippen molar-refractivity contribution in [2.24, 2.45) is 5.41 Å². The molecule has 1 amide bonds. The monoisotopic (exact) mass is 252 g/mol. The van der Waals surface area contributed by atoms with Crippen LogP contribution in [0.1, 0.15) is 30.1 Å². The Kier molecular flexibility index (Phi) is 3.02. The van der Waals surface area contributed by atoms with Crippen molar-refractivity contribution in [2.45, 2.75) is 19.8 Å². The Bertz CT molecular complexity index is 512. The average Bonchev–Trinajstić information content (AvgIpc) is 3.04. The Labute approximate surface area is 103 Å². The van der Waals surface area contributed by atoms with Gasteiger partial charge in [-0.15, -0.1) is 0 Å². The van der Waals surface area contributed by atoms with Gasteiger partial charge in [0.05, 0.1) is 4.92 Å². The van der Waals surface area contributed by atoms with Gasteiger partial charge in [-0.05, 0) is 30.4 Å². The first-order valence-corrected chi connectivity index (χ1v) is 5.63. The van der Waals surface area contributed by atoms with E-state index in [9.17, 15) is 19.3 Å². The van der Waals surface area contributed by atoms with Crippen LogP contribution in [-0.2, 0) is 0 Å². The molecule has 18 heavy (non-hydrogen) atoms. The van der Waals surface area contributed by atoms with Crippen LogP contribution in [0.2, 0.25) is 0 Å². The minimum atomic E-state index is -0.687. The zero-order valence-corrected chi connectivity index (χ0v) is 9.90. The van der Waals surface area contributed by atoms with E-state index in [1.54, 1.807) is 0 Å². The lowest BCUT2D eigenvalue weighted by Crippen LogP contribution is -2.29. The van der Waals surface area contributed by atoms with Crippen LogP contribution in [0.3, 0.4) is 0 Å². The third kappa shape index (κ3) is 2.64. The molecule has 1 aromatic carbocycles. The maximum absolute atomic E-state index is 13.1.